The summed E-state index contributed by atoms with van der Waals surface area (Å²) < 4.78 is 4.81. The number of carbonyl (C=O) groups excluding carboxylic acids is 3. The highest BCUT2D eigenvalue weighted by atomic mass is 35.5. The average Bonchev–Trinajstić information content (AvgIpc) is 3.30. The minimum Gasteiger partial charge on any atom is -0.508 e. The Morgan fingerprint density at radius 1 is 1.17 bits per heavy atom. The Kier molecular flexibility index (Phi) is 8.62. The van der Waals surface area contributed by atoms with Gasteiger partial charge >= 0.3 is 5.97 Å². The summed E-state index contributed by atoms with van der Waals surface area (Å²) in [6, 6.07) is 10.8. The number of nitrogens with zero attached hydrogens (tertiary/aromatic N) is 1. The highest BCUT2D eigenvalue weighted by Gasteiger charge is 2.20. The molecule has 8 nitrogen and oxygen atoms in total. The van der Waals surface area contributed by atoms with Crippen LogP contribution in [0, 0.1) is 0 Å². The number of ether oxygens (including phenoxy) is 1. The summed E-state index contributed by atoms with van der Waals surface area (Å²) in [6.07, 6.45) is 1.52. The van der Waals surface area contributed by atoms with E-state index in [1.54, 1.807) is 23.7 Å². The van der Waals surface area contributed by atoms with E-state index in [1.165, 1.54) is 48.8 Å². The van der Waals surface area contributed by atoms with Crippen molar-refractivity contribution in [2.45, 2.75) is 26.3 Å². The Morgan fingerprint density at radius 2 is 1.94 bits per heavy atom. The van der Waals surface area contributed by atoms with E-state index in [2.05, 4.69) is 15.6 Å². The molecule has 0 aliphatic carbocycles. The summed E-state index contributed by atoms with van der Waals surface area (Å²) >= 11 is 7.63. The van der Waals surface area contributed by atoms with Crippen molar-refractivity contribution in [3.05, 3.63) is 86.0 Å². The van der Waals surface area contributed by atoms with Gasteiger partial charge in [-0.25, -0.2) is 9.78 Å². The van der Waals surface area contributed by atoms with Crippen LogP contribution in [0.1, 0.15) is 56.6 Å². The Labute approximate surface area is 211 Å². The number of nitrogens with one attached hydrogen (secondary N) is 2. The zero-order valence-corrected chi connectivity index (χ0v) is 20.9. The molecule has 0 saturated carbocycles. The number of hydrogen-bond acceptors (Lipinski definition) is 7. The second-order valence-corrected chi connectivity index (χ2v) is 9.10. The summed E-state index contributed by atoms with van der Waals surface area (Å²) in [5, 5.41) is 14.8. The van der Waals surface area contributed by atoms with Crippen molar-refractivity contribution in [1.82, 2.24) is 15.6 Å². The third-order valence-corrected chi connectivity index (χ3v) is 6.04. The lowest BCUT2D eigenvalue weighted by Crippen LogP contribution is -2.28. The van der Waals surface area contributed by atoms with Crippen molar-refractivity contribution in [3.8, 4) is 5.75 Å². The number of halogens is 1. The van der Waals surface area contributed by atoms with Gasteiger partial charge in [-0.2, -0.15) is 0 Å². The number of rotatable bonds is 8. The number of phenolic OH excluding ortho intramolecular Hbond substituents is 1. The monoisotopic (exact) mass is 513 g/mol. The average molecular weight is 514 g/mol. The highest BCUT2D eigenvalue weighted by Crippen LogP contribution is 2.24. The molecule has 0 saturated heterocycles. The van der Waals surface area contributed by atoms with E-state index in [-0.39, 0.29) is 40.1 Å². The van der Waals surface area contributed by atoms with E-state index in [1.807, 2.05) is 13.8 Å². The molecule has 0 fully saturated rings. The van der Waals surface area contributed by atoms with Crippen LogP contribution >= 0.6 is 22.9 Å². The first-order chi connectivity index (χ1) is 16.7. The molecule has 3 rings (SSSR count). The van der Waals surface area contributed by atoms with E-state index in [9.17, 15) is 19.5 Å². The molecular formula is C25H24ClN3O5S. The molecular weight excluding hydrogens is 490 g/mol. The molecule has 1 aromatic heterocycles. The van der Waals surface area contributed by atoms with Crippen LogP contribution in [0.5, 0.6) is 5.75 Å². The minimum absolute atomic E-state index is 0.0392. The predicted molar refractivity (Wildman–Crippen MR) is 134 cm³/mol. The van der Waals surface area contributed by atoms with E-state index in [0.29, 0.717) is 0 Å². The number of phenols is 1. The van der Waals surface area contributed by atoms with Crippen molar-refractivity contribution in [1.29, 1.82) is 0 Å². The second kappa shape index (κ2) is 11.6. The Morgan fingerprint density at radius 3 is 2.60 bits per heavy atom. The van der Waals surface area contributed by atoms with E-state index >= 15 is 0 Å². The summed E-state index contributed by atoms with van der Waals surface area (Å²) in [6.45, 7) is 4.16. The molecule has 3 aromatic rings. The van der Waals surface area contributed by atoms with Crippen LogP contribution in [-0.4, -0.2) is 35.0 Å². The number of aromatic nitrogens is 1. The number of carbonyl (C=O) groups is 3. The summed E-state index contributed by atoms with van der Waals surface area (Å²) in [5.74, 6) is -1.52. The van der Waals surface area contributed by atoms with Crippen molar-refractivity contribution < 1.29 is 24.2 Å². The van der Waals surface area contributed by atoms with E-state index in [0.717, 1.165) is 16.1 Å². The van der Waals surface area contributed by atoms with Gasteiger partial charge in [0.25, 0.3) is 11.8 Å². The molecule has 0 radical (unpaired) electrons. The van der Waals surface area contributed by atoms with Crippen LogP contribution in [0.4, 0.5) is 0 Å². The number of aromatic hydroxyl groups is 1. The normalized spacial score (nSPS) is 11.3. The predicted octanol–water partition coefficient (Wildman–Crippen LogP) is 4.50. The summed E-state index contributed by atoms with van der Waals surface area (Å²) in [4.78, 5) is 42.7. The summed E-state index contributed by atoms with van der Waals surface area (Å²) in [7, 11) is 1.22. The molecule has 10 heteroatoms. The molecule has 1 heterocycles. The Bertz CT molecular complexity index is 1290. The molecule has 35 heavy (non-hydrogen) atoms. The molecule has 0 spiro atoms. The maximum Gasteiger partial charge on any atom is 0.354 e. The van der Waals surface area contributed by atoms with Gasteiger partial charge in [0, 0.05) is 12.1 Å². The lowest BCUT2D eigenvalue weighted by molar-refractivity contribution is -0.136. The van der Waals surface area contributed by atoms with Crippen LogP contribution in [-0.2, 0) is 16.1 Å². The highest BCUT2D eigenvalue weighted by molar-refractivity contribution is 7.10. The van der Waals surface area contributed by atoms with Gasteiger partial charge in [0.1, 0.15) is 11.4 Å². The van der Waals surface area contributed by atoms with Gasteiger partial charge in [-0.1, -0.05) is 37.6 Å². The van der Waals surface area contributed by atoms with Crippen molar-refractivity contribution in [2.75, 3.05) is 7.11 Å². The van der Waals surface area contributed by atoms with Gasteiger partial charge in [-0.15, -0.1) is 11.3 Å². The summed E-state index contributed by atoms with van der Waals surface area (Å²) in [5.41, 5.74) is 3.46. The zero-order chi connectivity index (χ0) is 25.5. The van der Waals surface area contributed by atoms with Gasteiger partial charge < -0.3 is 20.5 Å². The van der Waals surface area contributed by atoms with Gasteiger partial charge in [0.2, 0.25) is 0 Å². The van der Waals surface area contributed by atoms with Crippen LogP contribution < -0.4 is 10.6 Å². The van der Waals surface area contributed by atoms with Gasteiger partial charge in [-0.05, 0) is 47.9 Å². The smallest absolute Gasteiger partial charge is 0.354 e. The topological polar surface area (TPSA) is 118 Å². The standard InChI is InChI=1S/C25H24ClN3O5S/c1-14(2)22-21(35-13-28-22)11-20(25(33)34-3)29-24(32)18-8-7-16(10-19(18)26)23(31)27-12-15-5-4-6-17(30)9-15/h4-11,13-14,30H,12H2,1-3H3,(H,27,31)(H,29,32). The van der Waals surface area contributed by atoms with Crippen LogP contribution in [0.25, 0.3) is 6.08 Å². The fourth-order valence-corrected chi connectivity index (χ4v) is 4.31. The maximum absolute atomic E-state index is 12.9. The van der Waals surface area contributed by atoms with Gasteiger partial charge in [0.05, 0.1) is 33.8 Å². The molecule has 2 amide bonds. The van der Waals surface area contributed by atoms with Crippen LogP contribution in [0.2, 0.25) is 5.02 Å². The molecule has 0 unspecified atom stereocenters. The van der Waals surface area contributed by atoms with Crippen LogP contribution in [0.15, 0.2) is 53.7 Å². The molecule has 0 aliphatic heterocycles. The Balaban J connectivity index is 1.75. The first kappa shape index (κ1) is 25.9. The molecule has 0 bridgehead atoms. The maximum atomic E-state index is 12.9. The number of esters is 1. The number of hydrogen-bond donors (Lipinski definition) is 3. The first-order valence-electron chi connectivity index (χ1n) is 10.6. The van der Waals surface area contributed by atoms with Gasteiger partial charge in [-0.3, -0.25) is 9.59 Å². The quantitative estimate of drug-likeness (QED) is 0.301. The first-order valence-corrected chi connectivity index (χ1v) is 11.9. The SMILES string of the molecule is COC(=O)C(=Cc1scnc1C(C)C)NC(=O)c1ccc(C(=O)NCc2cccc(O)c2)cc1Cl. The Hall–Kier alpha value is -3.69. The lowest BCUT2D eigenvalue weighted by Gasteiger charge is -2.11. The number of thiazole rings is 1. The lowest BCUT2D eigenvalue weighted by atomic mass is 10.1. The fraction of sp³-hybridized carbons (Fsp3) is 0.200. The van der Waals surface area contributed by atoms with E-state index < -0.39 is 17.8 Å². The third-order valence-electron chi connectivity index (χ3n) is 4.94. The fourth-order valence-electron chi connectivity index (χ4n) is 3.17. The molecule has 0 aliphatic rings. The zero-order valence-electron chi connectivity index (χ0n) is 19.3. The molecule has 182 valence electrons. The number of amides is 2. The molecule has 3 N–H and O–H groups in total. The third kappa shape index (κ3) is 6.68. The van der Waals surface area contributed by atoms with Crippen molar-refractivity contribution in [2.24, 2.45) is 0 Å². The molecule has 2 aromatic carbocycles. The van der Waals surface area contributed by atoms with Crippen molar-refractivity contribution in [3.63, 3.8) is 0 Å². The number of methoxy groups -OCH3 is 1. The minimum atomic E-state index is -0.722. The van der Waals surface area contributed by atoms with Crippen LogP contribution in [0.3, 0.4) is 0 Å². The van der Waals surface area contributed by atoms with E-state index in [4.69, 9.17) is 16.3 Å². The second-order valence-electron chi connectivity index (χ2n) is 7.81. The van der Waals surface area contributed by atoms with Crippen molar-refractivity contribution >= 4 is 46.8 Å². The largest absolute Gasteiger partial charge is 0.508 e. The number of benzene rings is 2. The van der Waals surface area contributed by atoms with Gasteiger partial charge in [0.15, 0.2) is 0 Å². The molecule has 0 atom stereocenters.